The predicted octanol–water partition coefficient (Wildman–Crippen LogP) is 3.11. The summed E-state index contributed by atoms with van der Waals surface area (Å²) in [7, 11) is 1.67. The first-order valence-electron chi connectivity index (χ1n) is 6.02. The van der Waals surface area contributed by atoms with Crippen LogP contribution in [0.1, 0.15) is 21.5 Å². The number of aryl methyl sites for hydroxylation is 2. The van der Waals surface area contributed by atoms with Crippen LogP contribution < -0.4 is 5.32 Å². The lowest BCUT2D eigenvalue weighted by molar-refractivity contribution is 0.0697. The molecule has 0 aliphatic heterocycles. The summed E-state index contributed by atoms with van der Waals surface area (Å²) in [5.74, 6) is -0.593. The maximum absolute atomic E-state index is 11.1. The van der Waals surface area contributed by atoms with Crippen LogP contribution in [0.5, 0.6) is 0 Å². The minimum atomic E-state index is -0.976. The third-order valence-electron chi connectivity index (χ3n) is 3.01. The zero-order valence-corrected chi connectivity index (χ0v) is 11.2. The Bertz CT molecular complexity index is 619. The van der Waals surface area contributed by atoms with Crippen molar-refractivity contribution in [2.75, 3.05) is 12.4 Å². The van der Waals surface area contributed by atoms with Crippen LogP contribution in [0.25, 0.3) is 11.3 Å². The van der Waals surface area contributed by atoms with Gasteiger partial charge in [-0.3, -0.25) is 0 Å². The van der Waals surface area contributed by atoms with Crippen molar-refractivity contribution in [3.05, 3.63) is 47.0 Å². The molecule has 0 unspecified atom stereocenters. The van der Waals surface area contributed by atoms with E-state index in [0.29, 0.717) is 5.82 Å². The molecule has 1 aromatic heterocycles. The quantitative estimate of drug-likeness (QED) is 0.885. The molecule has 0 amide bonds. The highest BCUT2D eigenvalue weighted by Gasteiger charge is 2.14. The monoisotopic (exact) mass is 256 g/mol. The molecule has 0 saturated heterocycles. The Kier molecular flexibility index (Phi) is 3.51. The Morgan fingerprint density at radius 1 is 1.21 bits per heavy atom. The molecule has 0 radical (unpaired) electrons. The van der Waals surface area contributed by atoms with E-state index in [4.69, 9.17) is 5.11 Å². The fraction of sp³-hybridized carbons (Fsp3) is 0.200. The molecule has 4 heteroatoms. The molecule has 0 aliphatic rings. The summed E-state index contributed by atoms with van der Waals surface area (Å²) in [6.45, 7) is 3.89. The Morgan fingerprint density at radius 3 is 2.37 bits per heavy atom. The molecule has 0 atom stereocenters. The standard InChI is InChI=1S/C15H16N2O2/c1-9-4-6-11(7-5-9)13-10(2)8-12(15(18)19)14(16-3)17-13/h4-8H,1-3H3,(H,16,17)(H,18,19). The number of nitrogens with zero attached hydrogens (tertiary/aromatic N) is 1. The molecule has 2 aromatic rings. The lowest BCUT2D eigenvalue weighted by Gasteiger charge is -2.11. The maximum atomic E-state index is 11.1. The minimum absolute atomic E-state index is 0.191. The van der Waals surface area contributed by atoms with Gasteiger partial charge < -0.3 is 10.4 Å². The van der Waals surface area contributed by atoms with E-state index < -0.39 is 5.97 Å². The van der Waals surface area contributed by atoms with Crippen LogP contribution in [0.15, 0.2) is 30.3 Å². The molecule has 0 aliphatic carbocycles. The number of nitrogens with one attached hydrogen (secondary N) is 1. The van der Waals surface area contributed by atoms with E-state index in [1.54, 1.807) is 13.1 Å². The summed E-state index contributed by atoms with van der Waals surface area (Å²) in [6, 6.07) is 9.66. The number of benzene rings is 1. The summed E-state index contributed by atoms with van der Waals surface area (Å²) in [5, 5.41) is 12.0. The van der Waals surface area contributed by atoms with E-state index in [2.05, 4.69) is 10.3 Å². The van der Waals surface area contributed by atoms with Crippen LogP contribution in [-0.4, -0.2) is 23.1 Å². The van der Waals surface area contributed by atoms with E-state index in [0.717, 1.165) is 16.8 Å². The topological polar surface area (TPSA) is 62.2 Å². The number of carboxylic acids is 1. The van der Waals surface area contributed by atoms with Gasteiger partial charge in [-0.1, -0.05) is 29.8 Å². The fourth-order valence-electron chi connectivity index (χ4n) is 1.97. The molecule has 2 N–H and O–H groups in total. The van der Waals surface area contributed by atoms with Gasteiger partial charge >= 0.3 is 5.97 Å². The molecule has 19 heavy (non-hydrogen) atoms. The van der Waals surface area contributed by atoms with Gasteiger partial charge in [0.1, 0.15) is 11.4 Å². The Labute approximate surface area is 112 Å². The van der Waals surface area contributed by atoms with E-state index >= 15 is 0 Å². The first kappa shape index (κ1) is 13.1. The number of hydrogen-bond donors (Lipinski definition) is 2. The highest BCUT2D eigenvalue weighted by atomic mass is 16.4. The average molecular weight is 256 g/mol. The molecular formula is C15H16N2O2. The predicted molar refractivity (Wildman–Crippen MR) is 75.7 cm³/mol. The van der Waals surface area contributed by atoms with Crippen molar-refractivity contribution in [1.29, 1.82) is 0 Å². The number of carbonyl (C=O) groups is 1. The van der Waals surface area contributed by atoms with Crippen molar-refractivity contribution in [2.45, 2.75) is 13.8 Å². The van der Waals surface area contributed by atoms with Gasteiger partial charge in [0.05, 0.1) is 5.69 Å². The van der Waals surface area contributed by atoms with Crippen molar-refractivity contribution < 1.29 is 9.90 Å². The number of aromatic nitrogens is 1. The van der Waals surface area contributed by atoms with E-state index in [1.807, 2.05) is 38.1 Å². The van der Waals surface area contributed by atoms with Gasteiger partial charge in [-0.15, -0.1) is 0 Å². The van der Waals surface area contributed by atoms with Gasteiger partial charge in [-0.2, -0.15) is 0 Å². The van der Waals surface area contributed by atoms with E-state index in [1.165, 1.54) is 5.56 Å². The molecule has 4 nitrogen and oxygen atoms in total. The van der Waals surface area contributed by atoms with Crippen LogP contribution in [0.2, 0.25) is 0 Å². The van der Waals surface area contributed by atoms with Crippen LogP contribution in [0.3, 0.4) is 0 Å². The first-order chi connectivity index (χ1) is 9.02. The third kappa shape index (κ3) is 2.57. The van der Waals surface area contributed by atoms with Gasteiger partial charge in [-0.25, -0.2) is 9.78 Å². The van der Waals surface area contributed by atoms with Crippen molar-refractivity contribution >= 4 is 11.8 Å². The van der Waals surface area contributed by atoms with Gasteiger partial charge in [0, 0.05) is 12.6 Å². The second-order valence-corrected chi connectivity index (χ2v) is 4.47. The number of anilines is 1. The largest absolute Gasteiger partial charge is 0.478 e. The molecule has 0 saturated carbocycles. The molecule has 0 fully saturated rings. The van der Waals surface area contributed by atoms with Gasteiger partial charge in [-0.05, 0) is 25.5 Å². The van der Waals surface area contributed by atoms with Gasteiger partial charge in [0.25, 0.3) is 0 Å². The van der Waals surface area contributed by atoms with Gasteiger partial charge in [0.2, 0.25) is 0 Å². The lowest BCUT2D eigenvalue weighted by Crippen LogP contribution is -2.07. The normalized spacial score (nSPS) is 10.3. The molecule has 2 rings (SSSR count). The fourth-order valence-corrected chi connectivity index (χ4v) is 1.97. The highest BCUT2D eigenvalue weighted by Crippen LogP contribution is 2.26. The van der Waals surface area contributed by atoms with Crippen LogP contribution >= 0.6 is 0 Å². The number of hydrogen-bond acceptors (Lipinski definition) is 3. The summed E-state index contributed by atoms with van der Waals surface area (Å²) in [5.41, 5.74) is 4.00. The average Bonchev–Trinajstić information content (AvgIpc) is 2.39. The highest BCUT2D eigenvalue weighted by molar-refractivity contribution is 5.94. The Hall–Kier alpha value is -2.36. The molecule has 1 heterocycles. The first-order valence-corrected chi connectivity index (χ1v) is 6.02. The van der Waals surface area contributed by atoms with E-state index in [-0.39, 0.29) is 5.56 Å². The van der Waals surface area contributed by atoms with Crippen LogP contribution in [0, 0.1) is 13.8 Å². The molecule has 0 bridgehead atoms. The summed E-state index contributed by atoms with van der Waals surface area (Å²) in [4.78, 5) is 15.6. The van der Waals surface area contributed by atoms with Crippen molar-refractivity contribution in [1.82, 2.24) is 4.98 Å². The van der Waals surface area contributed by atoms with Crippen LogP contribution in [0.4, 0.5) is 5.82 Å². The summed E-state index contributed by atoms with van der Waals surface area (Å²) < 4.78 is 0. The van der Waals surface area contributed by atoms with E-state index in [9.17, 15) is 4.79 Å². The lowest BCUT2D eigenvalue weighted by atomic mass is 10.0. The van der Waals surface area contributed by atoms with Crippen LogP contribution in [-0.2, 0) is 0 Å². The van der Waals surface area contributed by atoms with Crippen molar-refractivity contribution in [3.8, 4) is 11.3 Å². The Balaban J connectivity index is 2.58. The molecule has 0 spiro atoms. The van der Waals surface area contributed by atoms with Crippen molar-refractivity contribution in [3.63, 3.8) is 0 Å². The molecule has 1 aromatic carbocycles. The van der Waals surface area contributed by atoms with Gasteiger partial charge in [0.15, 0.2) is 0 Å². The Morgan fingerprint density at radius 2 is 1.84 bits per heavy atom. The number of pyridine rings is 1. The number of rotatable bonds is 3. The molecule has 98 valence electrons. The van der Waals surface area contributed by atoms with Crippen molar-refractivity contribution in [2.24, 2.45) is 0 Å². The third-order valence-corrected chi connectivity index (χ3v) is 3.01. The second kappa shape index (κ2) is 5.10. The second-order valence-electron chi connectivity index (χ2n) is 4.47. The smallest absolute Gasteiger partial charge is 0.339 e. The molecular weight excluding hydrogens is 240 g/mol. The summed E-state index contributed by atoms with van der Waals surface area (Å²) >= 11 is 0. The minimum Gasteiger partial charge on any atom is -0.478 e. The zero-order chi connectivity index (χ0) is 14.0. The zero-order valence-electron chi connectivity index (χ0n) is 11.2. The summed E-state index contributed by atoms with van der Waals surface area (Å²) in [6.07, 6.45) is 0. The maximum Gasteiger partial charge on any atom is 0.339 e. The SMILES string of the molecule is CNc1nc(-c2ccc(C)cc2)c(C)cc1C(=O)O. The number of carboxylic acid groups (broad SMARTS) is 1. The number of aromatic carboxylic acids is 1.